The third-order valence-corrected chi connectivity index (χ3v) is 7.68. The van der Waals surface area contributed by atoms with E-state index in [4.69, 9.17) is 0 Å². The number of nitrogens with one attached hydrogen (secondary N) is 1. The lowest BCUT2D eigenvalue weighted by atomic mass is 9.73. The van der Waals surface area contributed by atoms with Crippen LogP contribution in [0.1, 0.15) is 53.2 Å². The van der Waals surface area contributed by atoms with Crippen molar-refractivity contribution in [3.05, 3.63) is 79.9 Å². The zero-order valence-corrected chi connectivity index (χ0v) is 21.0. The lowest BCUT2D eigenvalue weighted by Crippen LogP contribution is -2.24. The molecule has 1 aliphatic carbocycles. The van der Waals surface area contributed by atoms with Crippen LogP contribution in [0.5, 0.6) is 5.75 Å². The lowest BCUT2D eigenvalue weighted by Gasteiger charge is -2.32. The maximum Gasteiger partial charge on any atom is 0.345 e. The Morgan fingerprint density at radius 3 is 2.72 bits per heavy atom. The Bertz CT molecular complexity index is 1570. The molecule has 184 valence electrons. The van der Waals surface area contributed by atoms with Crippen molar-refractivity contribution < 1.29 is 15.0 Å². The molecule has 0 saturated carbocycles. The Morgan fingerprint density at radius 1 is 1.17 bits per heavy atom. The first-order valence-corrected chi connectivity index (χ1v) is 12.5. The number of carbonyl (C=O) groups is 1. The molecule has 0 fully saturated rings. The second-order valence-corrected chi connectivity index (χ2v) is 10.6. The van der Waals surface area contributed by atoms with Gasteiger partial charge in [0, 0.05) is 5.56 Å². The number of hydrogen-bond donors (Lipinski definition) is 3. The van der Waals surface area contributed by atoms with Gasteiger partial charge in [-0.2, -0.15) is 0 Å². The average Bonchev–Trinajstić information content (AvgIpc) is 3.44. The number of hydrogen-bond acceptors (Lipinski definition) is 6. The molecule has 0 radical (unpaired) electrons. The highest BCUT2D eigenvalue weighted by atomic mass is 32.1. The molecule has 2 aromatic heterocycles. The van der Waals surface area contributed by atoms with Crippen molar-refractivity contribution >= 4 is 28.7 Å². The van der Waals surface area contributed by atoms with E-state index < -0.39 is 5.97 Å². The normalized spacial score (nSPS) is 14.8. The van der Waals surface area contributed by atoms with Crippen LogP contribution in [0, 0.1) is 6.92 Å². The number of carboxylic acid groups (broad SMARTS) is 1. The first kappa shape index (κ1) is 23.7. The molecule has 0 atom stereocenters. The number of aryl methyl sites for hydroxylation is 2. The standard InChI is InChI=1S/C27H26N4O4S/c1-15-23(25(33)31(30-15)18-10-9-16-6-5-11-27(2,3)20(16)13-18)29-28-21-8-4-7-19(24(21)32)17-12-22(26(34)35)36-14-17/h4,7-10,12-14,30,32H,5-6,11H2,1-3H3,(H,34,35). The van der Waals surface area contributed by atoms with Gasteiger partial charge in [-0.25, -0.2) is 9.48 Å². The quantitative estimate of drug-likeness (QED) is 0.265. The van der Waals surface area contributed by atoms with Crippen LogP contribution in [0.25, 0.3) is 16.8 Å². The number of aromatic hydroxyl groups is 1. The van der Waals surface area contributed by atoms with Gasteiger partial charge < -0.3 is 10.2 Å². The fraction of sp³-hybridized carbons (Fsp3) is 0.259. The molecule has 4 aromatic rings. The average molecular weight is 503 g/mol. The molecule has 0 amide bonds. The molecular formula is C27H26N4O4S. The predicted molar refractivity (Wildman–Crippen MR) is 140 cm³/mol. The van der Waals surface area contributed by atoms with Gasteiger partial charge in [0.1, 0.15) is 10.6 Å². The van der Waals surface area contributed by atoms with E-state index in [-0.39, 0.29) is 33.0 Å². The van der Waals surface area contributed by atoms with Crippen LogP contribution in [0.2, 0.25) is 0 Å². The number of para-hydroxylation sites is 1. The maximum absolute atomic E-state index is 13.2. The Morgan fingerprint density at radius 2 is 1.97 bits per heavy atom. The van der Waals surface area contributed by atoms with Crippen molar-refractivity contribution in [2.45, 2.75) is 45.4 Å². The topological polar surface area (TPSA) is 120 Å². The molecule has 0 unspecified atom stereocenters. The van der Waals surface area contributed by atoms with Crippen LogP contribution in [-0.4, -0.2) is 26.0 Å². The largest absolute Gasteiger partial charge is 0.505 e. The van der Waals surface area contributed by atoms with Gasteiger partial charge in [-0.15, -0.1) is 21.6 Å². The number of benzene rings is 2. The molecule has 2 aromatic carbocycles. The summed E-state index contributed by atoms with van der Waals surface area (Å²) in [6.07, 6.45) is 3.31. The van der Waals surface area contributed by atoms with Gasteiger partial charge in [0.15, 0.2) is 11.4 Å². The Hall–Kier alpha value is -3.98. The number of phenols is 1. The van der Waals surface area contributed by atoms with Crippen molar-refractivity contribution in [3.8, 4) is 22.6 Å². The van der Waals surface area contributed by atoms with E-state index in [2.05, 4.69) is 41.3 Å². The molecule has 0 bridgehead atoms. The first-order valence-electron chi connectivity index (χ1n) is 11.7. The number of azo groups is 1. The molecule has 0 saturated heterocycles. The van der Waals surface area contributed by atoms with Crippen molar-refractivity contribution in [1.82, 2.24) is 9.78 Å². The zero-order valence-electron chi connectivity index (χ0n) is 20.2. The summed E-state index contributed by atoms with van der Waals surface area (Å²) in [6.45, 7) is 6.22. The summed E-state index contributed by atoms with van der Waals surface area (Å²) in [6, 6.07) is 12.6. The summed E-state index contributed by atoms with van der Waals surface area (Å²) < 4.78 is 1.48. The zero-order chi connectivity index (χ0) is 25.6. The molecule has 0 aliphatic heterocycles. The van der Waals surface area contributed by atoms with Gasteiger partial charge in [-0.3, -0.25) is 9.89 Å². The minimum Gasteiger partial charge on any atom is -0.505 e. The van der Waals surface area contributed by atoms with Crippen LogP contribution >= 0.6 is 11.3 Å². The van der Waals surface area contributed by atoms with E-state index in [0.29, 0.717) is 16.8 Å². The predicted octanol–water partition coefficient (Wildman–Crippen LogP) is 6.64. The third-order valence-electron chi connectivity index (χ3n) is 6.76. The Balaban J connectivity index is 1.49. The minimum atomic E-state index is -1.02. The van der Waals surface area contributed by atoms with Crippen LogP contribution in [0.15, 0.2) is 62.9 Å². The van der Waals surface area contributed by atoms with Gasteiger partial charge in [0.25, 0.3) is 5.56 Å². The number of thiophene rings is 1. The molecule has 36 heavy (non-hydrogen) atoms. The van der Waals surface area contributed by atoms with Crippen LogP contribution in [0.4, 0.5) is 11.4 Å². The number of phenolic OH excluding ortho intramolecular Hbond substituents is 1. The molecule has 8 nitrogen and oxygen atoms in total. The van der Waals surface area contributed by atoms with Gasteiger partial charge >= 0.3 is 5.97 Å². The van der Waals surface area contributed by atoms with Crippen molar-refractivity contribution in [2.75, 3.05) is 0 Å². The number of nitrogens with zero attached hydrogens (tertiary/aromatic N) is 3. The molecule has 3 N–H and O–H groups in total. The number of aromatic carboxylic acids is 1. The van der Waals surface area contributed by atoms with E-state index in [1.54, 1.807) is 30.5 Å². The SMILES string of the molecule is Cc1[nH]n(-c2ccc3c(c2)C(C)(C)CCC3)c(=O)c1N=Nc1cccc(-c2csc(C(=O)O)c2)c1O. The third kappa shape index (κ3) is 4.15. The maximum atomic E-state index is 13.2. The van der Waals surface area contributed by atoms with E-state index in [0.717, 1.165) is 36.3 Å². The summed E-state index contributed by atoms with van der Waals surface area (Å²) in [4.78, 5) is 24.6. The van der Waals surface area contributed by atoms with Crippen LogP contribution < -0.4 is 5.56 Å². The number of aromatic nitrogens is 2. The fourth-order valence-electron chi connectivity index (χ4n) is 4.78. The van der Waals surface area contributed by atoms with Crippen LogP contribution in [0.3, 0.4) is 0 Å². The molecule has 5 rings (SSSR count). The second-order valence-electron chi connectivity index (χ2n) is 9.68. The first-order chi connectivity index (χ1) is 17.2. The van der Waals surface area contributed by atoms with E-state index in [1.807, 2.05) is 6.07 Å². The second kappa shape index (κ2) is 8.91. The monoisotopic (exact) mass is 502 g/mol. The summed E-state index contributed by atoms with van der Waals surface area (Å²) >= 11 is 1.08. The van der Waals surface area contributed by atoms with E-state index >= 15 is 0 Å². The van der Waals surface area contributed by atoms with E-state index in [9.17, 15) is 19.8 Å². The molecule has 9 heteroatoms. The summed E-state index contributed by atoms with van der Waals surface area (Å²) in [5, 5.41) is 33.0. The number of carboxylic acids is 1. The van der Waals surface area contributed by atoms with Gasteiger partial charge in [0.05, 0.1) is 11.4 Å². The van der Waals surface area contributed by atoms with Crippen molar-refractivity contribution in [3.63, 3.8) is 0 Å². The van der Waals surface area contributed by atoms with Crippen molar-refractivity contribution in [2.24, 2.45) is 10.2 Å². The Kier molecular flexibility index (Phi) is 5.88. The van der Waals surface area contributed by atoms with Gasteiger partial charge in [-0.05, 0) is 77.9 Å². The number of H-pyrrole nitrogens is 1. The van der Waals surface area contributed by atoms with Crippen molar-refractivity contribution in [1.29, 1.82) is 0 Å². The molecule has 0 spiro atoms. The number of rotatable bonds is 5. The van der Waals surface area contributed by atoms with Gasteiger partial charge in [0.2, 0.25) is 0 Å². The summed E-state index contributed by atoms with van der Waals surface area (Å²) in [7, 11) is 0. The summed E-state index contributed by atoms with van der Waals surface area (Å²) in [5.74, 6) is -1.16. The number of fused-ring (bicyclic) bond motifs is 1. The van der Waals surface area contributed by atoms with Gasteiger partial charge in [-0.1, -0.05) is 32.0 Å². The highest BCUT2D eigenvalue weighted by Gasteiger charge is 2.28. The highest BCUT2D eigenvalue weighted by Crippen LogP contribution is 2.40. The fourth-order valence-corrected chi connectivity index (χ4v) is 5.53. The summed E-state index contributed by atoms with van der Waals surface area (Å²) in [5.41, 5.74) is 4.95. The van der Waals surface area contributed by atoms with E-state index in [1.165, 1.54) is 21.9 Å². The molecule has 1 aliphatic rings. The Labute approximate surface area is 211 Å². The number of aromatic amines is 1. The molecular weight excluding hydrogens is 476 g/mol. The lowest BCUT2D eigenvalue weighted by molar-refractivity contribution is 0.0702. The van der Waals surface area contributed by atoms with Crippen LogP contribution in [-0.2, 0) is 11.8 Å². The molecule has 2 heterocycles. The minimum absolute atomic E-state index is 0.0492. The smallest absolute Gasteiger partial charge is 0.345 e. The highest BCUT2D eigenvalue weighted by molar-refractivity contribution is 7.12.